The molecule has 1 aliphatic rings. The first-order valence-electron chi connectivity index (χ1n) is 8.69. The molecule has 2 aromatic rings. The number of benzene rings is 2. The number of hydrogen-bond donors (Lipinski definition) is 0. The van der Waals surface area contributed by atoms with E-state index in [0.29, 0.717) is 24.9 Å². The number of likely N-dealkylation sites (tertiary alicyclic amines) is 1. The summed E-state index contributed by atoms with van der Waals surface area (Å²) in [5.74, 6) is -1.17. The number of aryl methyl sites for hydroxylation is 2. The van der Waals surface area contributed by atoms with Crippen molar-refractivity contribution >= 4 is 15.7 Å². The lowest BCUT2D eigenvalue weighted by atomic mass is 10.0. The highest BCUT2D eigenvalue weighted by Crippen LogP contribution is 2.29. The van der Waals surface area contributed by atoms with Crippen molar-refractivity contribution in [2.45, 2.75) is 43.4 Å². The zero-order valence-corrected chi connectivity index (χ0v) is 15.7. The molecule has 1 unspecified atom stereocenters. The van der Waals surface area contributed by atoms with E-state index in [4.69, 9.17) is 0 Å². The summed E-state index contributed by atoms with van der Waals surface area (Å²) in [4.78, 5) is 14.5. The smallest absolute Gasteiger partial charge is 0.258 e. The fraction of sp³-hybridized carbons (Fsp3) is 0.350. The Morgan fingerprint density at radius 2 is 1.77 bits per heavy atom. The van der Waals surface area contributed by atoms with Crippen molar-refractivity contribution in [3.05, 3.63) is 65.0 Å². The molecule has 0 aromatic heterocycles. The van der Waals surface area contributed by atoms with E-state index in [0.717, 1.165) is 12.0 Å². The van der Waals surface area contributed by atoms with E-state index in [9.17, 15) is 17.6 Å². The Morgan fingerprint density at radius 3 is 2.42 bits per heavy atom. The van der Waals surface area contributed by atoms with Crippen molar-refractivity contribution < 1.29 is 17.6 Å². The van der Waals surface area contributed by atoms with Gasteiger partial charge in [0.15, 0.2) is 9.84 Å². The quantitative estimate of drug-likeness (QED) is 0.818. The lowest BCUT2D eigenvalue weighted by Crippen LogP contribution is -2.48. The van der Waals surface area contributed by atoms with Gasteiger partial charge in [-0.05, 0) is 56.9 Å². The average Bonchev–Trinajstić information content (AvgIpc) is 2.62. The van der Waals surface area contributed by atoms with E-state index in [1.165, 1.54) is 17.0 Å². The minimum atomic E-state index is -3.72. The summed E-state index contributed by atoms with van der Waals surface area (Å²) in [6.45, 7) is 3.85. The van der Waals surface area contributed by atoms with Gasteiger partial charge in [-0.1, -0.05) is 29.8 Å². The number of piperidine rings is 1. The van der Waals surface area contributed by atoms with Gasteiger partial charge in [0.2, 0.25) is 0 Å². The number of halogens is 1. The predicted octanol–water partition coefficient (Wildman–Crippen LogP) is 3.87. The summed E-state index contributed by atoms with van der Waals surface area (Å²) in [6, 6.07) is 11.0. The molecule has 0 bridgehead atoms. The normalized spacial score (nSPS) is 18.0. The Labute approximate surface area is 153 Å². The van der Waals surface area contributed by atoms with Crippen LogP contribution in [0.25, 0.3) is 0 Å². The van der Waals surface area contributed by atoms with Gasteiger partial charge in [0, 0.05) is 6.54 Å². The first-order chi connectivity index (χ1) is 12.3. The first kappa shape index (κ1) is 18.6. The molecule has 4 nitrogen and oxygen atoms in total. The zero-order chi connectivity index (χ0) is 18.9. The number of hydrogen-bond acceptors (Lipinski definition) is 3. The summed E-state index contributed by atoms with van der Waals surface area (Å²) in [5, 5.41) is -0.967. The lowest BCUT2D eigenvalue weighted by Gasteiger charge is -2.35. The van der Waals surface area contributed by atoms with Gasteiger partial charge in [-0.15, -0.1) is 0 Å². The van der Waals surface area contributed by atoms with Crippen LogP contribution < -0.4 is 0 Å². The molecule has 1 atom stereocenters. The van der Waals surface area contributed by atoms with E-state index in [1.54, 1.807) is 37.3 Å². The topological polar surface area (TPSA) is 54.5 Å². The molecule has 26 heavy (non-hydrogen) atoms. The molecule has 138 valence electrons. The van der Waals surface area contributed by atoms with Crippen LogP contribution in [0, 0.1) is 19.7 Å². The van der Waals surface area contributed by atoms with Gasteiger partial charge in [-0.25, -0.2) is 12.8 Å². The van der Waals surface area contributed by atoms with Crippen molar-refractivity contribution in [1.29, 1.82) is 0 Å². The molecule has 1 heterocycles. The van der Waals surface area contributed by atoms with Gasteiger partial charge in [0.05, 0.1) is 10.5 Å². The number of sulfone groups is 1. The molecule has 1 aliphatic heterocycles. The van der Waals surface area contributed by atoms with Crippen molar-refractivity contribution in [3.8, 4) is 0 Å². The zero-order valence-electron chi connectivity index (χ0n) is 14.9. The maximum absolute atomic E-state index is 14.2. The maximum Gasteiger partial charge on any atom is 0.258 e. The van der Waals surface area contributed by atoms with Crippen molar-refractivity contribution in [1.82, 2.24) is 4.90 Å². The van der Waals surface area contributed by atoms with Gasteiger partial charge in [-0.3, -0.25) is 4.79 Å². The summed E-state index contributed by atoms with van der Waals surface area (Å²) in [5.41, 5.74) is 1.42. The second-order valence-electron chi connectivity index (χ2n) is 6.74. The minimum Gasteiger partial charge on any atom is -0.321 e. The summed E-state index contributed by atoms with van der Waals surface area (Å²) >= 11 is 0. The fourth-order valence-corrected chi connectivity index (χ4v) is 5.23. The third-order valence-electron chi connectivity index (χ3n) is 4.85. The lowest BCUT2D eigenvalue weighted by molar-refractivity contribution is 0.0683. The first-order valence-corrected chi connectivity index (χ1v) is 10.2. The largest absolute Gasteiger partial charge is 0.321 e. The third kappa shape index (κ3) is 3.38. The van der Waals surface area contributed by atoms with Crippen LogP contribution in [0.3, 0.4) is 0 Å². The monoisotopic (exact) mass is 375 g/mol. The van der Waals surface area contributed by atoms with E-state index >= 15 is 0 Å². The van der Waals surface area contributed by atoms with Crippen molar-refractivity contribution in [3.63, 3.8) is 0 Å². The van der Waals surface area contributed by atoms with E-state index in [1.807, 2.05) is 6.92 Å². The molecule has 1 amide bonds. The van der Waals surface area contributed by atoms with Gasteiger partial charge in [0.1, 0.15) is 11.2 Å². The number of carbonyl (C=O) groups excluding carboxylic acids is 1. The van der Waals surface area contributed by atoms with Crippen molar-refractivity contribution in [2.75, 3.05) is 6.54 Å². The van der Waals surface area contributed by atoms with Gasteiger partial charge >= 0.3 is 0 Å². The number of carbonyl (C=O) groups is 1. The van der Waals surface area contributed by atoms with Crippen LogP contribution in [-0.2, 0) is 9.84 Å². The molecule has 0 aliphatic carbocycles. The van der Waals surface area contributed by atoms with Crippen LogP contribution >= 0.6 is 0 Å². The molecule has 6 heteroatoms. The molecule has 0 saturated carbocycles. The number of rotatable bonds is 3. The molecule has 3 rings (SSSR count). The number of nitrogens with zero attached hydrogens (tertiary/aromatic N) is 1. The Balaban J connectivity index is 2.00. The molecule has 0 N–H and O–H groups in total. The highest BCUT2D eigenvalue weighted by molar-refractivity contribution is 7.92. The molecular formula is C20H22FNO3S. The predicted molar refractivity (Wildman–Crippen MR) is 98.2 cm³/mol. The maximum atomic E-state index is 14.2. The SMILES string of the molecule is Cc1ccc(S(=O)(=O)C2CCCCN2C(=O)c2c(C)cccc2F)cc1. The van der Waals surface area contributed by atoms with Crippen LogP contribution in [0.2, 0.25) is 0 Å². The Bertz CT molecular complexity index is 902. The molecule has 1 saturated heterocycles. The highest BCUT2D eigenvalue weighted by Gasteiger charge is 2.38. The van der Waals surface area contributed by atoms with Crippen LogP contribution in [-0.4, -0.2) is 31.1 Å². The van der Waals surface area contributed by atoms with Gasteiger partial charge in [-0.2, -0.15) is 0 Å². The van der Waals surface area contributed by atoms with Gasteiger partial charge in [0.25, 0.3) is 5.91 Å². The molecular weight excluding hydrogens is 353 g/mol. The van der Waals surface area contributed by atoms with Gasteiger partial charge < -0.3 is 4.90 Å². The Morgan fingerprint density at radius 1 is 1.08 bits per heavy atom. The standard InChI is InChI=1S/C20H22FNO3S/c1-14-9-11-16(12-10-14)26(24,25)18-8-3-4-13-22(18)20(23)19-15(2)6-5-7-17(19)21/h5-7,9-12,18H,3-4,8,13H2,1-2H3. The van der Waals surface area contributed by atoms with Crippen LogP contribution in [0.1, 0.15) is 40.7 Å². The molecule has 0 radical (unpaired) electrons. The van der Waals surface area contributed by atoms with E-state index in [-0.39, 0.29) is 10.5 Å². The van der Waals surface area contributed by atoms with Crippen LogP contribution in [0.4, 0.5) is 4.39 Å². The molecule has 0 spiro atoms. The van der Waals surface area contributed by atoms with Crippen LogP contribution in [0.15, 0.2) is 47.4 Å². The number of amides is 1. The second-order valence-corrected chi connectivity index (χ2v) is 8.84. The van der Waals surface area contributed by atoms with Crippen molar-refractivity contribution in [2.24, 2.45) is 0 Å². The fourth-order valence-electron chi connectivity index (χ4n) is 3.39. The third-order valence-corrected chi connectivity index (χ3v) is 6.99. The average molecular weight is 375 g/mol. The minimum absolute atomic E-state index is 0.0430. The highest BCUT2D eigenvalue weighted by atomic mass is 32.2. The summed E-state index contributed by atoms with van der Waals surface area (Å²) in [6.07, 6.45) is 1.78. The summed E-state index contributed by atoms with van der Waals surface area (Å²) < 4.78 is 40.5. The Hall–Kier alpha value is -2.21. The van der Waals surface area contributed by atoms with E-state index < -0.39 is 26.9 Å². The molecule has 1 fully saturated rings. The Kier molecular flexibility index (Phi) is 5.14. The molecule has 2 aromatic carbocycles. The second kappa shape index (κ2) is 7.19. The van der Waals surface area contributed by atoms with Crippen LogP contribution in [0.5, 0.6) is 0 Å². The van der Waals surface area contributed by atoms with E-state index in [2.05, 4.69) is 0 Å². The summed E-state index contributed by atoms with van der Waals surface area (Å²) in [7, 11) is -3.72.